The van der Waals surface area contributed by atoms with Gasteiger partial charge in [-0.05, 0) is 30.3 Å². The van der Waals surface area contributed by atoms with Gasteiger partial charge in [-0.2, -0.15) is 5.10 Å². The number of aromatic nitrogens is 2. The van der Waals surface area contributed by atoms with Crippen LogP contribution in [0.25, 0.3) is 10.9 Å². The molecule has 5 nitrogen and oxygen atoms in total. The molecule has 0 saturated heterocycles. The van der Waals surface area contributed by atoms with Crippen LogP contribution in [0.2, 0.25) is 0 Å². The smallest absolute Gasteiger partial charge is 0.255 e. The van der Waals surface area contributed by atoms with Gasteiger partial charge in [0.05, 0.1) is 17.4 Å². The molecule has 0 aliphatic rings. The predicted molar refractivity (Wildman–Crippen MR) is 84.8 cm³/mol. The Balaban J connectivity index is 1.89. The van der Waals surface area contributed by atoms with E-state index in [-0.39, 0.29) is 5.91 Å². The van der Waals surface area contributed by atoms with Crippen LogP contribution in [0.15, 0.2) is 48.7 Å². The zero-order chi connectivity index (χ0) is 14.8. The van der Waals surface area contributed by atoms with Gasteiger partial charge in [0.1, 0.15) is 0 Å². The van der Waals surface area contributed by atoms with Crippen LogP contribution in [0.3, 0.4) is 0 Å². The number of carbonyl (C=O) groups excluding carboxylic acids is 1. The Kier molecular flexibility index (Phi) is 3.31. The quantitative estimate of drug-likeness (QED) is 0.775. The van der Waals surface area contributed by atoms with Crippen LogP contribution in [-0.4, -0.2) is 30.2 Å². The molecule has 3 aromatic rings. The van der Waals surface area contributed by atoms with Crippen molar-refractivity contribution in [2.45, 2.75) is 0 Å². The van der Waals surface area contributed by atoms with Gasteiger partial charge in [0.2, 0.25) is 0 Å². The number of carbonyl (C=O) groups is 1. The monoisotopic (exact) mass is 280 g/mol. The molecule has 2 N–H and O–H groups in total. The van der Waals surface area contributed by atoms with E-state index in [4.69, 9.17) is 0 Å². The third-order valence-electron chi connectivity index (χ3n) is 3.36. The molecule has 1 aromatic heterocycles. The highest BCUT2D eigenvalue weighted by Crippen LogP contribution is 2.22. The van der Waals surface area contributed by atoms with E-state index in [0.29, 0.717) is 5.56 Å². The molecule has 1 heterocycles. The molecule has 0 bridgehead atoms. The zero-order valence-electron chi connectivity index (χ0n) is 11.9. The van der Waals surface area contributed by atoms with Gasteiger partial charge < -0.3 is 10.2 Å². The highest BCUT2D eigenvalue weighted by atomic mass is 16.1. The summed E-state index contributed by atoms with van der Waals surface area (Å²) >= 11 is 0. The van der Waals surface area contributed by atoms with Gasteiger partial charge in [0.15, 0.2) is 0 Å². The Labute approximate surface area is 122 Å². The number of anilines is 2. The summed E-state index contributed by atoms with van der Waals surface area (Å²) in [6.45, 7) is 0. The number of amides is 1. The summed E-state index contributed by atoms with van der Waals surface area (Å²) in [5.41, 5.74) is 3.27. The minimum Gasteiger partial charge on any atom is -0.378 e. The van der Waals surface area contributed by atoms with Gasteiger partial charge in [0, 0.05) is 30.7 Å². The van der Waals surface area contributed by atoms with E-state index in [0.717, 1.165) is 22.3 Å². The summed E-state index contributed by atoms with van der Waals surface area (Å²) in [5, 5.41) is 10.7. The number of aromatic amines is 1. The van der Waals surface area contributed by atoms with Crippen molar-refractivity contribution in [3.63, 3.8) is 0 Å². The van der Waals surface area contributed by atoms with Crippen LogP contribution in [0, 0.1) is 0 Å². The fraction of sp³-hybridized carbons (Fsp3) is 0.125. The number of rotatable bonds is 3. The molecule has 0 fully saturated rings. The molecule has 0 aliphatic carbocycles. The number of hydrogen-bond acceptors (Lipinski definition) is 3. The lowest BCUT2D eigenvalue weighted by Gasteiger charge is -2.13. The zero-order valence-corrected chi connectivity index (χ0v) is 11.9. The van der Waals surface area contributed by atoms with Gasteiger partial charge in [-0.15, -0.1) is 0 Å². The number of nitrogens with one attached hydrogen (secondary N) is 2. The standard InChI is InChI=1S/C16H16N4O/c1-20(2)12-6-3-5-11(9-12)16(21)18-14-7-4-8-15-13(14)10-17-19-15/h3-10H,1-2H3,(H,17,19)(H,18,21). The van der Waals surface area contributed by atoms with Crippen molar-refractivity contribution in [1.82, 2.24) is 10.2 Å². The van der Waals surface area contributed by atoms with E-state index in [1.165, 1.54) is 0 Å². The number of benzene rings is 2. The molecule has 0 saturated carbocycles. The first-order valence-corrected chi connectivity index (χ1v) is 6.66. The molecule has 3 rings (SSSR count). The molecule has 5 heteroatoms. The van der Waals surface area contributed by atoms with Crippen LogP contribution in [0.1, 0.15) is 10.4 Å². The van der Waals surface area contributed by atoms with Gasteiger partial charge in [-0.3, -0.25) is 9.89 Å². The molecule has 21 heavy (non-hydrogen) atoms. The first kappa shape index (κ1) is 13.2. The van der Waals surface area contributed by atoms with Gasteiger partial charge in [-0.25, -0.2) is 0 Å². The normalized spacial score (nSPS) is 10.6. The molecular formula is C16H16N4O. The molecular weight excluding hydrogens is 264 g/mol. The molecule has 0 spiro atoms. The van der Waals surface area contributed by atoms with Crippen molar-refractivity contribution in [3.8, 4) is 0 Å². The van der Waals surface area contributed by atoms with Crippen LogP contribution >= 0.6 is 0 Å². The first-order valence-electron chi connectivity index (χ1n) is 6.66. The third kappa shape index (κ3) is 2.58. The van der Waals surface area contributed by atoms with Crippen LogP contribution in [0.4, 0.5) is 11.4 Å². The maximum atomic E-state index is 12.4. The lowest BCUT2D eigenvalue weighted by molar-refractivity contribution is 0.102. The van der Waals surface area contributed by atoms with Crippen LogP contribution in [-0.2, 0) is 0 Å². The molecule has 1 amide bonds. The second-order valence-corrected chi connectivity index (χ2v) is 5.04. The molecule has 0 unspecified atom stereocenters. The number of nitrogens with zero attached hydrogens (tertiary/aromatic N) is 2. The van der Waals surface area contributed by atoms with Crippen molar-refractivity contribution in [3.05, 3.63) is 54.2 Å². The molecule has 106 valence electrons. The third-order valence-corrected chi connectivity index (χ3v) is 3.36. The second-order valence-electron chi connectivity index (χ2n) is 5.04. The number of hydrogen-bond donors (Lipinski definition) is 2. The molecule has 0 radical (unpaired) electrons. The van der Waals surface area contributed by atoms with E-state index in [9.17, 15) is 4.79 Å². The van der Waals surface area contributed by atoms with Gasteiger partial charge in [-0.1, -0.05) is 12.1 Å². The average Bonchev–Trinajstić information content (AvgIpc) is 2.97. The van der Waals surface area contributed by atoms with Gasteiger partial charge >= 0.3 is 0 Å². The van der Waals surface area contributed by atoms with Crippen molar-refractivity contribution in [2.75, 3.05) is 24.3 Å². The summed E-state index contributed by atoms with van der Waals surface area (Å²) in [6, 6.07) is 13.2. The predicted octanol–water partition coefficient (Wildman–Crippen LogP) is 2.88. The summed E-state index contributed by atoms with van der Waals surface area (Å²) in [4.78, 5) is 14.4. The van der Waals surface area contributed by atoms with E-state index in [1.54, 1.807) is 12.3 Å². The first-order chi connectivity index (χ1) is 10.1. The second kappa shape index (κ2) is 5.28. The topological polar surface area (TPSA) is 61.0 Å². The van der Waals surface area contributed by atoms with Crippen molar-refractivity contribution in [1.29, 1.82) is 0 Å². The van der Waals surface area contributed by atoms with E-state index >= 15 is 0 Å². The van der Waals surface area contributed by atoms with Crippen molar-refractivity contribution < 1.29 is 4.79 Å². The van der Waals surface area contributed by atoms with Crippen molar-refractivity contribution >= 4 is 28.2 Å². The lowest BCUT2D eigenvalue weighted by Crippen LogP contribution is -2.14. The van der Waals surface area contributed by atoms with E-state index in [1.807, 2.05) is 55.4 Å². The van der Waals surface area contributed by atoms with Crippen molar-refractivity contribution in [2.24, 2.45) is 0 Å². The average molecular weight is 280 g/mol. The fourth-order valence-corrected chi connectivity index (χ4v) is 2.20. The summed E-state index contributed by atoms with van der Waals surface area (Å²) in [6.07, 6.45) is 1.71. The van der Waals surface area contributed by atoms with Crippen LogP contribution < -0.4 is 10.2 Å². The maximum absolute atomic E-state index is 12.4. The molecule has 2 aromatic carbocycles. The lowest BCUT2D eigenvalue weighted by atomic mass is 10.1. The van der Waals surface area contributed by atoms with E-state index < -0.39 is 0 Å². The molecule has 0 atom stereocenters. The maximum Gasteiger partial charge on any atom is 0.255 e. The van der Waals surface area contributed by atoms with Gasteiger partial charge in [0.25, 0.3) is 5.91 Å². The van der Waals surface area contributed by atoms with Crippen LogP contribution in [0.5, 0.6) is 0 Å². The minimum atomic E-state index is -0.132. The Hall–Kier alpha value is -2.82. The fourth-order valence-electron chi connectivity index (χ4n) is 2.20. The summed E-state index contributed by atoms with van der Waals surface area (Å²) in [7, 11) is 3.90. The highest BCUT2D eigenvalue weighted by molar-refractivity contribution is 6.08. The Bertz CT molecular complexity index is 792. The molecule has 0 aliphatic heterocycles. The minimum absolute atomic E-state index is 0.132. The largest absolute Gasteiger partial charge is 0.378 e. The summed E-state index contributed by atoms with van der Waals surface area (Å²) < 4.78 is 0. The Morgan fingerprint density at radius 1 is 1.19 bits per heavy atom. The SMILES string of the molecule is CN(C)c1cccc(C(=O)Nc2cccc3[nH]ncc23)c1. The number of fused-ring (bicyclic) bond motifs is 1. The number of H-pyrrole nitrogens is 1. The van der Waals surface area contributed by atoms with E-state index in [2.05, 4.69) is 15.5 Å². The summed E-state index contributed by atoms with van der Waals surface area (Å²) in [5.74, 6) is -0.132. The Morgan fingerprint density at radius 3 is 2.81 bits per heavy atom. The highest BCUT2D eigenvalue weighted by Gasteiger charge is 2.10. The Morgan fingerprint density at radius 2 is 2.00 bits per heavy atom.